The lowest BCUT2D eigenvalue weighted by Gasteiger charge is -2.25. The van der Waals surface area contributed by atoms with E-state index in [1.165, 1.54) is 93.7 Å². The van der Waals surface area contributed by atoms with Crippen LogP contribution in [0, 0.1) is 0 Å². The summed E-state index contributed by atoms with van der Waals surface area (Å²) >= 11 is 1.43. The van der Waals surface area contributed by atoms with Crippen molar-refractivity contribution < 1.29 is 29.0 Å². The summed E-state index contributed by atoms with van der Waals surface area (Å²) in [4.78, 5) is 52.1. The molecule has 0 saturated carbocycles. The number of esters is 1. The second-order valence-corrected chi connectivity index (χ2v) is 14.3. The number of amides is 1. The fraction of sp³-hybridized carbons (Fsp3) is 0.610. The monoisotopic (exact) mass is 725 g/mol. The van der Waals surface area contributed by atoms with Gasteiger partial charge in [0.2, 0.25) is 5.91 Å². The van der Waals surface area contributed by atoms with Gasteiger partial charge < -0.3 is 20.9 Å². The number of rotatable bonds is 30. The first kappa shape index (κ1) is 44.0. The number of hydrogen-bond donors (Lipinski definition) is 3. The molecule has 0 fully saturated rings. The number of hydrogen-bond acceptors (Lipinski definition) is 8. The van der Waals surface area contributed by atoms with Crippen molar-refractivity contribution in [2.75, 3.05) is 30.3 Å². The number of ketones is 1. The number of nitrogens with one attached hydrogen (secondary N) is 1. The van der Waals surface area contributed by atoms with Gasteiger partial charge >= 0.3 is 11.9 Å². The zero-order valence-corrected chi connectivity index (χ0v) is 31.9. The highest BCUT2D eigenvalue weighted by Gasteiger charge is 2.25. The van der Waals surface area contributed by atoms with Crippen molar-refractivity contribution in [2.24, 2.45) is 5.73 Å². The minimum Gasteiger partial charge on any atom is -0.480 e. The second kappa shape index (κ2) is 27.4. The van der Waals surface area contributed by atoms with Gasteiger partial charge in [0.05, 0.1) is 12.6 Å². The Balaban J connectivity index is 1.73. The summed E-state index contributed by atoms with van der Waals surface area (Å²) in [5, 5.41) is 12.9. The fourth-order valence-corrected chi connectivity index (χ4v) is 7.03. The number of aliphatic carboxylic acids is 1. The van der Waals surface area contributed by atoms with E-state index >= 15 is 0 Å². The van der Waals surface area contributed by atoms with Crippen molar-refractivity contribution in [1.29, 1.82) is 0 Å². The molecule has 0 aliphatic rings. The van der Waals surface area contributed by atoms with Crippen LogP contribution < -0.4 is 16.0 Å². The van der Waals surface area contributed by atoms with Gasteiger partial charge in [0.15, 0.2) is 5.78 Å². The van der Waals surface area contributed by atoms with Crippen molar-refractivity contribution in [2.45, 2.75) is 134 Å². The number of ether oxygens (including phenoxy) is 1. The Bertz CT molecular complexity index is 1280. The molecular formula is C41H63N3O6S. The van der Waals surface area contributed by atoms with E-state index in [0.29, 0.717) is 23.5 Å². The number of Topliss-reactive ketones (excluding diaryl/α,β-unsaturated/α-hetero) is 1. The van der Waals surface area contributed by atoms with E-state index in [2.05, 4.69) is 12.2 Å². The summed E-state index contributed by atoms with van der Waals surface area (Å²) in [6, 6.07) is 14.5. The third-order valence-corrected chi connectivity index (χ3v) is 10.1. The van der Waals surface area contributed by atoms with Gasteiger partial charge in [0.25, 0.3) is 0 Å². The maximum atomic E-state index is 13.3. The average molecular weight is 726 g/mol. The van der Waals surface area contributed by atoms with Crippen molar-refractivity contribution in [1.82, 2.24) is 5.32 Å². The summed E-state index contributed by atoms with van der Waals surface area (Å²) in [5.41, 5.74) is 8.21. The fourth-order valence-electron chi connectivity index (χ4n) is 6.04. The van der Waals surface area contributed by atoms with E-state index in [1.54, 1.807) is 43.3 Å². The highest BCUT2D eigenvalue weighted by Crippen LogP contribution is 2.21. The molecular weight excluding hydrogens is 663 g/mol. The van der Waals surface area contributed by atoms with E-state index in [9.17, 15) is 24.3 Å². The number of carboxylic acid groups (broad SMARTS) is 1. The lowest BCUT2D eigenvalue weighted by Crippen LogP contribution is -2.47. The Labute approximate surface area is 310 Å². The van der Waals surface area contributed by atoms with Gasteiger partial charge in [-0.05, 0) is 44.0 Å². The molecule has 0 unspecified atom stereocenters. The molecule has 2 aromatic rings. The van der Waals surface area contributed by atoms with Crippen LogP contribution in [0.25, 0.3) is 0 Å². The van der Waals surface area contributed by atoms with Crippen LogP contribution in [-0.2, 0) is 24.9 Å². The predicted octanol–water partition coefficient (Wildman–Crippen LogP) is 8.33. The standard InChI is InChI=1S/C41H63N3O6S/c1-3-5-6-7-8-9-10-11-12-13-14-15-16-22-29-43-37(41(48)49)27-28-38(45)35-26-21-20-23-33(35)31-51-32-36(42)40(47)44(30-39(46)50-4-2)34-24-18-17-19-25-34/h17-21,23-26,36-37,43H,3-16,22,27-32,42H2,1-2H3,(H,48,49)/t36-,37-/m0/s1. The van der Waals surface area contributed by atoms with Gasteiger partial charge in [-0.25, -0.2) is 0 Å². The highest BCUT2D eigenvalue weighted by atomic mass is 32.2. The molecule has 10 heteroatoms. The Hall–Kier alpha value is -3.21. The smallest absolute Gasteiger partial charge is 0.326 e. The Kier molecular flexibility index (Phi) is 23.7. The Morgan fingerprint density at radius 1 is 0.804 bits per heavy atom. The lowest BCUT2D eigenvalue weighted by molar-refractivity contribution is -0.142. The van der Waals surface area contributed by atoms with E-state index in [0.717, 1.165) is 18.4 Å². The molecule has 51 heavy (non-hydrogen) atoms. The maximum Gasteiger partial charge on any atom is 0.326 e. The first-order valence-corrected chi connectivity index (χ1v) is 20.4. The van der Waals surface area contributed by atoms with Crippen molar-refractivity contribution in [3.8, 4) is 0 Å². The molecule has 9 nitrogen and oxygen atoms in total. The minimum absolute atomic E-state index is 0.110. The Morgan fingerprint density at radius 3 is 1.96 bits per heavy atom. The van der Waals surface area contributed by atoms with Gasteiger partial charge in [-0.15, -0.1) is 0 Å². The third kappa shape index (κ3) is 18.7. The number of carbonyl (C=O) groups is 4. The van der Waals surface area contributed by atoms with Crippen LogP contribution >= 0.6 is 11.8 Å². The molecule has 2 atom stereocenters. The highest BCUT2D eigenvalue weighted by molar-refractivity contribution is 7.98. The molecule has 0 aliphatic carbocycles. The number of carbonyl (C=O) groups excluding carboxylic acids is 3. The average Bonchev–Trinajstić information content (AvgIpc) is 3.13. The first-order valence-electron chi connectivity index (χ1n) is 19.2. The molecule has 0 saturated heterocycles. The van der Waals surface area contributed by atoms with Gasteiger partial charge in [-0.3, -0.25) is 24.1 Å². The number of nitrogens with zero attached hydrogens (tertiary/aromatic N) is 1. The maximum absolute atomic E-state index is 13.3. The predicted molar refractivity (Wildman–Crippen MR) is 209 cm³/mol. The largest absolute Gasteiger partial charge is 0.480 e. The van der Waals surface area contributed by atoms with Crippen molar-refractivity contribution in [3.05, 3.63) is 65.7 Å². The van der Waals surface area contributed by atoms with Crippen molar-refractivity contribution >= 4 is 41.1 Å². The molecule has 0 heterocycles. The van der Waals surface area contributed by atoms with Crippen LogP contribution in [0.2, 0.25) is 0 Å². The number of para-hydroxylation sites is 1. The summed E-state index contributed by atoms with van der Waals surface area (Å²) in [5.74, 6) is -1.24. The molecule has 284 valence electrons. The molecule has 2 rings (SSSR count). The first-order chi connectivity index (χ1) is 24.8. The minimum atomic E-state index is -0.942. The topological polar surface area (TPSA) is 139 Å². The lowest BCUT2D eigenvalue weighted by atomic mass is 9.99. The molecule has 0 spiro atoms. The number of carboxylic acids is 1. The number of nitrogens with two attached hydrogens (primary N) is 1. The molecule has 0 aliphatic heterocycles. The zero-order valence-electron chi connectivity index (χ0n) is 31.1. The zero-order chi connectivity index (χ0) is 37.1. The summed E-state index contributed by atoms with van der Waals surface area (Å²) < 4.78 is 5.06. The number of unbranched alkanes of at least 4 members (excludes halogenated alkanes) is 13. The third-order valence-electron chi connectivity index (χ3n) is 9.00. The molecule has 2 aromatic carbocycles. The van der Waals surface area contributed by atoms with Crippen LogP contribution in [0.15, 0.2) is 54.6 Å². The van der Waals surface area contributed by atoms with Gasteiger partial charge in [0, 0.05) is 29.2 Å². The summed E-state index contributed by atoms with van der Waals surface area (Å²) in [6.45, 7) is 4.56. The normalized spacial score (nSPS) is 12.3. The van der Waals surface area contributed by atoms with E-state index in [1.807, 2.05) is 18.2 Å². The van der Waals surface area contributed by atoms with Gasteiger partial charge in [-0.2, -0.15) is 11.8 Å². The molecule has 1 amide bonds. The molecule has 0 aromatic heterocycles. The Morgan fingerprint density at radius 2 is 1.37 bits per heavy atom. The van der Waals surface area contributed by atoms with Crippen LogP contribution in [-0.4, -0.2) is 66.3 Å². The van der Waals surface area contributed by atoms with Gasteiger partial charge in [0.1, 0.15) is 12.6 Å². The quantitative estimate of drug-likeness (QED) is 0.0412. The van der Waals surface area contributed by atoms with E-state index in [4.69, 9.17) is 10.5 Å². The number of benzene rings is 2. The van der Waals surface area contributed by atoms with Gasteiger partial charge in [-0.1, -0.05) is 133 Å². The number of thioether (sulfide) groups is 1. The van der Waals surface area contributed by atoms with Crippen molar-refractivity contribution in [3.63, 3.8) is 0 Å². The van der Waals surface area contributed by atoms with Crippen LogP contribution in [0.3, 0.4) is 0 Å². The SMILES string of the molecule is CCCCCCCCCCCCCCCCN[C@@H](CCC(=O)c1ccccc1CSC[C@H](N)C(=O)N(CC(=O)OCC)c1ccccc1)C(=O)O. The molecule has 0 radical (unpaired) electrons. The van der Waals surface area contributed by atoms with E-state index in [-0.39, 0.29) is 37.5 Å². The second-order valence-electron chi connectivity index (χ2n) is 13.2. The number of anilines is 1. The van der Waals surface area contributed by atoms with Crippen LogP contribution in [0.4, 0.5) is 5.69 Å². The van der Waals surface area contributed by atoms with Crippen LogP contribution in [0.5, 0.6) is 0 Å². The molecule has 0 bridgehead atoms. The summed E-state index contributed by atoms with van der Waals surface area (Å²) in [6.07, 6.45) is 18.2. The van der Waals surface area contributed by atoms with E-state index < -0.39 is 29.9 Å². The summed E-state index contributed by atoms with van der Waals surface area (Å²) in [7, 11) is 0. The van der Waals surface area contributed by atoms with Crippen LogP contribution in [0.1, 0.15) is 133 Å². The molecule has 4 N–H and O–H groups in total.